The molecule has 0 aliphatic rings. The number of nitrogens with two attached hydrogens (primary N) is 1. The molecule has 0 bridgehead atoms. The van der Waals surface area contributed by atoms with Crippen LogP contribution < -0.4 is 10.6 Å². The lowest BCUT2D eigenvalue weighted by atomic mass is 9.91. The molecule has 0 atom stereocenters. The van der Waals surface area contributed by atoms with E-state index in [1.54, 1.807) is 11.3 Å². The molecule has 0 spiro atoms. The summed E-state index contributed by atoms with van der Waals surface area (Å²) >= 11 is 3.13. The number of rotatable bonds is 2. The van der Waals surface area contributed by atoms with Gasteiger partial charge in [0.2, 0.25) is 0 Å². The summed E-state index contributed by atoms with van der Waals surface area (Å²) in [6.07, 6.45) is 0. The Morgan fingerprint density at radius 2 is 1.89 bits per heavy atom. The monoisotopic (exact) mass is 282 g/mol. The van der Waals surface area contributed by atoms with E-state index in [0.717, 1.165) is 21.4 Å². The Balaban J connectivity index is 2.58. The Morgan fingerprint density at radius 1 is 1.22 bits per heavy atom. The summed E-state index contributed by atoms with van der Waals surface area (Å²) in [5.41, 5.74) is 7.74. The highest BCUT2D eigenvalue weighted by molar-refractivity contribution is 7.19. The van der Waals surface area contributed by atoms with Crippen LogP contribution in [-0.4, -0.2) is 24.1 Å². The fourth-order valence-corrected chi connectivity index (χ4v) is 3.36. The highest BCUT2D eigenvalue weighted by Crippen LogP contribution is 2.40. The van der Waals surface area contributed by atoms with E-state index < -0.39 is 0 Å². The van der Waals surface area contributed by atoms with Crippen molar-refractivity contribution in [2.75, 3.05) is 24.7 Å². The van der Waals surface area contributed by atoms with E-state index in [0.29, 0.717) is 5.13 Å². The SMILES string of the molecule is CN(C)c1nc(C(C)(C)C)c(-c2csc(N)n2)s1. The molecule has 18 heavy (non-hydrogen) atoms. The van der Waals surface area contributed by atoms with E-state index in [1.807, 2.05) is 24.4 Å². The largest absolute Gasteiger partial charge is 0.375 e. The Kier molecular flexibility index (Phi) is 3.33. The number of thiazole rings is 2. The van der Waals surface area contributed by atoms with Crippen molar-refractivity contribution in [3.8, 4) is 10.6 Å². The van der Waals surface area contributed by atoms with Crippen LogP contribution in [0.25, 0.3) is 10.6 Å². The van der Waals surface area contributed by atoms with Gasteiger partial charge >= 0.3 is 0 Å². The second-order valence-electron chi connectivity index (χ2n) is 5.39. The third-order valence-electron chi connectivity index (χ3n) is 2.46. The molecule has 4 nitrogen and oxygen atoms in total. The number of hydrogen-bond donors (Lipinski definition) is 1. The zero-order chi connectivity index (χ0) is 13.5. The summed E-state index contributed by atoms with van der Waals surface area (Å²) in [5, 5.41) is 3.60. The predicted octanol–water partition coefficient (Wildman–Crippen LogP) is 3.21. The molecule has 2 aromatic rings. The van der Waals surface area contributed by atoms with Gasteiger partial charge in [0.05, 0.1) is 16.3 Å². The number of aromatic nitrogens is 2. The Labute approximate surface area is 115 Å². The Hall–Kier alpha value is -1.14. The van der Waals surface area contributed by atoms with Crippen molar-refractivity contribution in [3.05, 3.63) is 11.1 Å². The van der Waals surface area contributed by atoms with E-state index in [1.165, 1.54) is 11.3 Å². The van der Waals surface area contributed by atoms with Crippen molar-refractivity contribution in [3.63, 3.8) is 0 Å². The van der Waals surface area contributed by atoms with Gasteiger partial charge in [0.15, 0.2) is 10.3 Å². The van der Waals surface area contributed by atoms with Crippen LogP contribution in [0.15, 0.2) is 5.38 Å². The molecule has 0 radical (unpaired) electrons. The maximum Gasteiger partial charge on any atom is 0.185 e. The zero-order valence-electron chi connectivity index (χ0n) is 11.3. The van der Waals surface area contributed by atoms with Gasteiger partial charge in [-0.1, -0.05) is 32.1 Å². The maximum atomic E-state index is 5.72. The molecular formula is C12H18N4S2. The summed E-state index contributed by atoms with van der Waals surface area (Å²) in [4.78, 5) is 12.3. The van der Waals surface area contributed by atoms with Gasteiger partial charge in [-0.3, -0.25) is 0 Å². The van der Waals surface area contributed by atoms with Gasteiger partial charge in [-0.2, -0.15) is 0 Å². The molecule has 2 aromatic heterocycles. The van der Waals surface area contributed by atoms with Crippen LogP contribution in [0.5, 0.6) is 0 Å². The van der Waals surface area contributed by atoms with Crippen LogP contribution in [0.3, 0.4) is 0 Å². The van der Waals surface area contributed by atoms with E-state index in [9.17, 15) is 0 Å². The number of nitrogen functional groups attached to an aromatic ring is 1. The van der Waals surface area contributed by atoms with Crippen LogP contribution >= 0.6 is 22.7 Å². The smallest absolute Gasteiger partial charge is 0.185 e. The number of anilines is 2. The lowest BCUT2D eigenvalue weighted by Gasteiger charge is -2.17. The highest BCUT2D eigenvalue weighted by atomic mass is 32.1. The zero-order valence-corrected chi connectivity index (χ0v) is 12.9. The first-order chi connectivity index (χ1) is 8.29. The van der Waals surface area contributed by atoms with Crippen molar-refractivity contribution in [1.29, 1.82) is 0 Å². The standard InChI is InChI=1S/C12H18N4S2/c1-12(2,3)9-8(7-6-17-10(13)14-7)18-11(15-9)16(4)5/h6H,1-5H3,(H2,13,14). The summed E-state index contributed by atoms with van der Waals surface area (Å²) in [6.45, 7) is 6.50. The molecule has 2 rings (SSSR count). The van der Waals surface area contributed by atoms with Gasteiger partial charge in [0.1, 0.15) is 0 Å². The van der Waals surface area contributed by atoms with Gasteiger partial charge in [-0.25, -0.2) is 9.97 Å². The van der Waals surface area contributed by atoms with Crippen LogP contribution in [0, 0.1) is 0 Å². The van der Waals surface area contributed by atoms with E-state index in [-0.39, 0.29) is 5.41 Å². The van der Waals surface area contributed by atoms with Crippen molar-refractivity contribution in [1.82, 2.24) is 9.97 Å². The molecule has 0 aliphatic heterocycles. The molecule has 98 valence electrons. The molecule has 2 N–H and O–H groups in total. The Bertz CT molecular complexity index is 549. The maximum absolute atomic E-state index is 5.72. The van der Waals surface area contributed by atoms with Crippen LogP contribution in [0.1, 0.15) is 26.5 Å². The third kappa shape index (κ3) is 2.49. The molecule has 2 heterocycles. The average molecular weight is 282 g/mol. The van der Waals surface area contributed by atoms with Crippen molar-refractivity contribution >= 4 is 32.9 Å². The lowest BCUT2D eigenvalue weighted by molar-refractivity contribution is 0.574. The first-order valence-corrected chi connectivity index (χ1v) is 7.38. The molecule has 0 aliphatic carbocycles. The topological polar surface area (TPSA) is 55.0 Å². The lowest BCUT2D eigenvalue weighted by Crippen LogP contribution is -2.14. The molecule has 0 fully saturated rings. The molecule has 6 heteroatoms. The van der Waals surface area contributed by atoms with Crippen molar-refractivity contribution in [2.24, 2.45) is 0 Å². The summed E-state index contributed by atoms with van der Waals surface area (Å²) in [6, 6.07) is 0. The second kappa shape index (κ2) is 4.51. The molecule has 0 saturated carbocycles. The van der Waals surface area contributed by atoms with Gasteiger partial charge in [-0.15, -0.1) is 11.3 Å². The fraction of sp³-hybridized carbons (Fsp3) is 0.500. The van der Waals surface area contributed by atoms with Crippen LogP contribution in [-0.2, 0) is 5.41 Å². The average Bonchev–Trinajstić information content (AvgIpc) is 2.81. The highest BCUT2D eigenvalue weighted by Gasteiger charge is 2.25. The molecule has 0 saturated heterocycles. The normalized spacial score (nSPS) is 11.8. The predicted molar refractivity (Wildman–Crippen MR) is 80.7 cm³/mol. The van der Waals surface area contributed by atoms with Gasteiger partial charge in [0, 0.05) is 24.9 Å². The van der Waals surface area contributed by atoms with E-state index in [2.05, 4.69) is 25.8 Å². The third-order valence-corrected chi connectivity index (χ3v) is 4.38. The minimum absolute atomic E-state index is 0.00152. The van der Waals surface area contributed by atoms with Crippen LogP contribution in [0.4, 0.5) is 10.3 Å². The molecule has 0 aromatic carbocycles. The van der Waals surface area contributed by atoms with Crippen molar-refractivity contribution < 1.29 is 0 Å². The van der Waals surface area contributed by atoms with Gasteiger partial charge < -0.3 is 10.6 Å². The molecule has 0 amide bonds. The first kappa shape index (κ1) is 13.3. The molecule has 0 unspecified atom stereocenters. The van der Waals surface area contributed by atoms with E-state index in [4.69, 9.17) is 10.7 Å². The number of hydrogen-bond acceptors (Lipinski definition) is 6. The van der Waals surface area contributed by atoms with Gasteiger partial charge in [-0.05, 0) is 0 Å². The number of nitrogens with zero attached hydrogens (tertiary/aromatic N) is 3. The quantitative estimate of drug-likeness (QED) is 0.919. The van der Waals surface area contributed by atoms with Crippen LogP contribution in [0.2, 0.25) is 0 Å². The Morgan fingerprint density at radius 3 is 2.33 bits per heavy atom. The minimum Gasteiger partial charge on any atom is -0.375 e. The van der Waals surface area contributed by atoms with Gasteiger partial charge in [0.25, 0.3) is 0 Å². The second-order valence-corrected chi connectivity index (χ2v) is 7.26. The first-order valence-electron chi connectivity index (χ1n) is 5.69. The fourth-order valence-electron chi connectivity index (χ4n) is 1.57. The minimum atomic E-state index is -0.00152. The summed E-state index contributed by atoms with van der Waals surface area (Å²) in [7, 11) is 4.01. The van der Waals surface area contributed by atoms with E-state index >= 15 is 0 Å². The molecular weight excluding hydrogens is 264 g/mol. The summed E-state index contributed by atoms with van der Waals surface area (Å²) < 4.78 is 0. The van der Waals surface area contributed by atoms with Crippen molar-refractivity contribution in [2.45, 2.75) is 26.2 Å². The summed E-state index contributed by atoms with van der Waals surface area (Å²) in [5.74, 6) is 0.